The van der Waals surface area contributed by atoms with Gasteiger partial charge in [0.15, 0.2) is 0 Å². The molecular weight excluding hydrogens is 390 g/mol. The van der Waals surface area contributed by atoms with Gasteiger partial charge < -0.3 is 30.6 Å². The van der Waals surface area contributed by atoms with E-state index in [0.717, 1.165) is 0 Å². The summed E-state index contributed by atoms with van der Waals surface area (Å²) in [4.78, 5) is 53.1. The Morgan fingerprint density at radius 1 is 0.667 bits per heavy atom. The number of nitrogens with zero attached hydrogens (tertiary/aromatic N) is 3. The third-order valence-corrected chi connectivity index (χ3v) is 1.21. The number of carboxylic acids is 3. The van der Waals surface area contributed by atoms with E-state index < -0.39 is 58.4 Å². The van der Waals surface area contributed by atoms with Crippen LogP contribution in [0.2, 0.25) is 0 Å². The fourth-order valence-corrected chi connectivity index (χ4v) is 0.389. The fraction of sp³-hybridized carbons (Fsp3) is 0.667. The molecule has 0 aromatic rings. The second kappa shape index (κ2) is 20.5. The lowest BCUT2D eigenvalue weighted by Crippen LogP contribution is -2.15. The van der Waals surface area contributed by atoms with Crippen molar-refractivity contribution in [3.63, 3.8) is 0 Å². The number of aliphatic carboxylic acids is 3. The monoisotopic (exact) mass is 407 g/mol. The van der Waals surface area contributed by atoms with Crippen LogP contribution in [0.25, 0.3) is 0 Å². The van der Waals surface area contributed by atoms with Gasteiger partial charge in [-0.05, 0) is 0 Å². The number of aliphatic hydroxyl groups excluding tert-OH is 3. The Morgan fingerprint density at radius 2 is 0.852 bits per heavy atom. The molecule has 0 aliphatic rings. The van der Waals surface area contributed by atoms with Crippen LogP contribution in [-0.4, -0.2) is 102 Å². The number of hydrogen-bond donors (Lipinski definition) is 6. The highest BCUT2D eigenvalue weighted by atomic mass is 16.6. The minimum absolute atomic E-state index is 0.365. The van der Waals surface area contributed by atoms with Gasteiger partial charge in [-0.2, -0.15) is 0 Å². The number of carbonyl (C=O) groups is 3. The number of aliphatic hydroxyl groups is 3. The molecule has 0 unspecified atom stereocenters. The number of hydrogen-bond acceptors (Lipinski definition) is 12. The Morgan fingerprint density at radius 3 is 0.852 bits per heavy atom. The third-order valence-electron chi connectivity index (χ3n) is 1.21. The van der Waals surface area contributed by atoms with E-state index in [1.54, 1.807) is 0 Å². The van der Waals surface area contributed by atoms with Crippen LogP contribution in [0, 0.1) is 30.3 Å². The van der Waals surface area contributed by atoms with Crippen molar-refractivity contribution in [3.8, 4) is 0 Å². The van der Waals surface area contributed by atoms with Crippen LogP contribution in [0.4, 0.5) is 0 Å². The molecule has 6 N–H and O–H groups in total. The Balaban J connectivity index is -0.000000131. The summed E-state index contributed by atoms with van der Waals surface area (Å²) in [6.07, 6.45) is -0.954. The van der Waals surface area contributed by atoms with E-state index in [4.69, 9.17) is 30.6 Å². The standard InChI is InChI=1S/C3H8O3.3C2H3NO4/c4-1-3(6)2-5;3*4-2(5)1-3(6)7/h3-6H,1-2H2;3*1H2,(H,4,5). The highest BCUT2D eigenvalue weighted by Gasteiger charge is 2.04. The van der Waals surface area contributed by atoms with E-state index in [9.17, 15) is 44.7 Å². The molecule has 158 valence electrons. The molecule has 0 saturated carbocycles. The van der Waals surface area contributed by atoms with E-state index in [0.29, 0.717) is 0 Å². The molecule has 0 radical (unpaired) electrons. The normalized spacial score (nSPS) is 8.44. The lowest BCUT2D eigenvalue weighted by Gasteiger charge is -1.96. The highest BCUT2D eigenvalue weighted by Crippen LogP contribution is 1.71. The molecule has 27 heavy (non-hydrogen) atoms. The zero-order valence-electron chi connectivity index (χ0n) is 13.3. The zero-order valence-corrected chi connectivity index (χ0v) is 13.3. The average Bonchev–Trinajstić information content (AvgIpc) is 2.43. The smallest absolute Gasteiger partial charge is 0.376 e. The first-order valence-corrected chi connectivity index (χ1v) is 6.10. The maximum atomic E-state index is 9.37. The zero-order chi connectivity index (χ0) is 22.6. The molecule has 0 aliphatic heterocycles. The minimum atomic E-state index is -1.41. The van der Waals surface area contributed by atoms with Crippen LogP contribution in [-0.2, 0) is 14.4 Å². The van der Waals surface area contributed by atoms with Crippen molar-refractivity contribution in [2.24, 2.45) is 0 Å². The van der Waals surface area contributed by atoms with E-state index in [-0.39, 0.29) is 13.2 Å². The molecule has 0 fully saturated rings. The highest BCUT2D eigenvalue weighted by molar-refractivity contribution is 5.68. The van der Waals surface area contributed by atoms with Gasteiger partial charge in [-0.3, -0.25) is 30.3 Å². The molecule has 0 spiro atoms. The molecule has 0 atom stereocenters. The molecule has 0 aliphatic carbocycles. The van der Waals surface area contributed by atoms with Crippen molar-refractivity contribution < 1.29 is 59.8 Å². The van der Waals surface area contributed by atoms with Crippen LogP contribution in [0.1, 0.15) is 0 Å². The maximum Gasteiger partial charge on any atom is 0.376 e. The van der Waals surface area contributed by atoms with Crippen molar-refractivity contribution in [2.75, 3.05) is 32.8 Å². The van der Waals surface area contributed by atoms with Gasteiger partial charge in [0.1, 0.15) is 6.10 Å². The van der Waals surface area contributed by atoms with Gasteiger partial charge in [0.2, 0.25) is 0 Å². The Hall–Kier alpha value is -3.51. The molecule has 18 heteroatoms. The number of rotatable bonds is 8. The van der Waals surface area contributed by atoms with Crippen LogP contribution in [0.15, 0.2) is 0 Å². The molecule has 18 nitrogen and oxygen atoms in total. The average molecular weight is 407 g/mol. The van der Waals surface area contributed by atoms with Crippen LogP contribution >= 0.6 is 0 Å². The maximum absolute atomic E-state index is 9.37. The SMILES string of the molecule is O=C(O)C[N+](=O)[O-].O=C(O)C[N+](=O)[O-].O=C(O)C[N+](=O)[O-].OCC(O)CO. The molecule has 0 heterocycles. The number of carboxylic acid groups (broad SMARTS) is 3. The summed E-state index contributed by atoms with van der Waals surface area (Å²) in [5, 5.41) is 74.6. The topological polar surface area (TPSA) is 302 Å². The minimum Gasteiger partial charge on any atom is -0.476 e. The fourth-order valence-electron chi connectivity index (χ4n) is 0.389. The van der Waals surface area contributed by atoms with Gasteiger partial charge >= 0.3 is 17.9 Å². The molecule has 0 aromatic heterocycles. The summed E-state index contributed by atoms with van der Waals surface area (Å²) < 4.78 is 0. The first kappa shape index (κ1) is 31.3. The Bertz CT molecular complexity index is 391. The van der Waals surface area contributed by atoms with Gasteiger partial charge in [-0.25, -0.2) is 14.4 Å². The van der Waals surface area contributed by atoms with E-state index in [2.05, 4.69) is 0 Å². The molecule has 0 aromatic carbocycles. The Kier molecular flexibility index (Phi) is 23.8. The first-order chi connectivity index (χ1) is 12.2. The third kappa shape index (κ3) is 60.5. The quantitative estimate of drug-likeness (QED) is 0.167. The van der Waals surface area contributed by atoms with E-state index in [1.807, 2.05) is 0 Å². The summed E-state index contributed by atoms with van der Waals surface area (Å²) in [5.41, 5.74) is 0. The summed E-state index contributed by atoms with van der Waals surface area (Å²) >= 11 is 0. The molecular formula is C9H17N3O15. The first-order valence-electron chi connectivity index (χ1n) is 6.10. The molecule has 0 rings (SSSR count). The van der Waals surface area contributed by atoms with Crippen molar-refractivity contribution >= 4 is 17.9 Å². The lowest BCUT2D eigenvalue weighted by molar-refractivity contribution is -0.469. The second-order valence-corrected chi connectivity index (χ2v) is 3.67. The summed E-state index contributed by atoms with van der Waals surface area (Å²) in [7, 11) is 0. The predicted molar refractivity (Wildman–Crippen MR) is 78.7 cm³/mol. The van der Waals surface area contributed by atoms with Crippen LogP contribution in [0.5, 0.6) is 0 Å². The van der Waals surface area contributed by atoms with Crippen LogP contribution < -0.4 is 0 Å². The van der Waals surface area contributed by atoms with Crippen molar-refractivity contribution in [2.45, 2.75) is 6.10 Å². The van der Waals surface area contributed by atoms with Gasteiger partial charge in [0.25, 0.3) is 19.6 Å². The summed E-state index contributed by atoms with van der Waals surface area (Å²) in [6, 6.07) is 0. The molecule has 0 bridgehead atoms. The van der Waals surface area contributed by atoms with Gasteiger partial charge in [-0.1, -0.05) is 0 Å². The van der Waals surface area contributed by atoms with Gasteiger partial charge in [0, 0.05) is 14.8 Å². The van der Waals surface area contributed by atoms with E-state index >= 15 is 0 Å². The van der Waals surface area contributed by atoms with Crippen LogP contribution in [0.3, 0.4) is 0 Å². The van der Waals surface area contributed by atoms with Gasteiger partial charge in [-0.15, -0.1) is 0 Å². The Labute approximate surface area is 148 Å². The van der Waals surface area contributed by atoms with Crippen molar-refractivity contribution in [3.05, 3.63) is 30.3 Å². The molecule has 0 saturated heterocycles. The largest absolute Gasteiger partial charge is 0.476 e. The summed E-state index contributed by atoms with van der Waals surface area (Å²) in [5.74, 6) is -4.24. The summed E-state index contributed by atoms with van der Waals surface area (Å²) in [6.45, 7) is -3.73. The van der Waals surface area contributed by atoms with Crippen molar-refractivity contribution in [1.29, 1.82) is 0 Å². The molecule has 0 amide bonds. The predicted octanol–water partition coefficient (Wildman–Crippen LogP) is -3.62. The van der Waals surface area contributed by atoms with Crippen molar-refractivity contribution in [1.82, 2.24) is 0 Å². The number of nitro groups is 3. The second-order valence-electron chi connectivity index (χ2n) is 3.67. The van der Waals surface area contributed by atoms with Gasteiger partial charge in [0.05, 0.1) is 13.2 Å². The van der Waals surface area contributed by atoms with E-state index in [1.165, 1.54) is 0 Å². The lowest BCUT2D eigenvalue weighted by atomic mass is 10.4.